The largest absolute Gasteiger partial charge is 0.370 e. The van der Waals surface area contributed by atoms with Crippen LogP contribution in [0.2, 0.25) is 0 Å². The Morgan fingerprint density at radius 1 is 1.40 bits per heavy atom. The zero-order valence-electron chi connectivity index (χ0n) is 12.1. The molecule has 1 aromatic rings. The number of amides is 3. The van der Waals surface area contributed by atoms with Crippen molar-refractivity contribution in [2.24, 2.45) is 0 Å². The van der Waals surface area contributed by atoms with Crippen LogP contribution in [0, 0.1) is 0 Å². The molecule has 2 heterocycles. The lowest BCUT2D eigenvalue weighted by Crippen LogP contribution is -2.40. The fourth-order valence-electron chi connectivity index (χ4n) is 2.07. The highest BCUT2D eigenvalue weighted by molar-refractivity contribution is 6.06. The number of aromatic nitrogens is 1. The van der Waals surface area contributed by atoms with Crippen molar-refractivity contribution in [3.05, 3.63) is 23.9 Å². The van der Waals surface area contributed by atoms with E-state index in [1.165, 1.54) is 4.90 Å². The van der Waals surface area contributed by atoms with Gasteiger partial charge in [-0.15, -0.1) is 0 Å². The summed E-state index contributed by atoms with van der Waals surface area (Å²) < 4.78 is 0. The molecular formula is C14H20N4O2. The number of imide groups is 1. The number of anilines is 1. The topological polar surface area (TPSA) is 74.3 Å². The molecule has 0 aliphatic carbocycles. The van der Waals surface area contributed by atoms with E-state index in [-0.39, 0.29) is 18.5 Å². The second kappa shape index (κ2) is 5.48. The molecule has 1 fully saturated rings. The number of rotatable bonds is 5. The summed E-state index contributed by atoms with van der Waals surface area (Å²) in [5, 5.41) is 5.85. The molecule has 1 saturated heterocycles. The minimum absolute atomic E-state index is 0.206. The first-order valence-corrected chi connectivity index (χ1v) is 6.77. The highest BCUT2D eigenvalue weighted by Crippen LogP contribution is 2.19. The summed E-state index contributed by atoms with van der Waals surface area (Å²) in [5.74, 6) is 0.554. The van der Waals surface area contributed by atoms with Gasteiger partial charge in [0.25, 0.3) is 5.91 Å². The summed E-state index contributed by atoms with van der Waals surface area (Å²) in [4.78, 5) is 29.4. The third-order valence-corrected chi connectivity index (χ3v) is 3.17. The standard InChI is InChI=1S/C14H20N4O2/c1-4-6-15-11-8-10(5-7-16-11)9-18-12(19)14(2,3)17-13(18)20/h5,7-8H,4,6,9H2,1-3H3,(H,15,16)(H,17,20). The highest BCUT2D eigenvalue weighted by atomic mass is 16.2. The van der Waals surface area contributed by atoms with Crippen LogP contribution in [0.3, 0.4) is 0 Å². The number of carbonyl (C=O) groups is 2. The maximum atomic E-state index is 12.1. The van der Waals surface area contributed by atoms with Crippen molar-refractivity contribution in [2.45, 2.75) is 39.3 Å². The van der Waals surface area contributed by atoms with Crippen LogP contribution in [0.1, 0.15) is 32.8 Å². The van der Waals surface area contributed by atoms with Crippen LogP contribution in [0.5, 0.6) is 0 Å². The Labute approximate surface area is 118 Å². The Hall–Kier alpha value is -2.11. The Bertz CT molecular complexity index is 528. The minimum atomic E-state index is -0.826. The Kier molecular flexibility index (Phi) is 3.92. The van der Waals surface area contributed by atoms with Gasteiger partial charge in [-0.1, -0.05) is 6.92 Å². The molecule has 3 amide bonds. The van der Waals surface area contributed by atoms with Crippen molar-refractivity contribution in [1.82, 2.24) is 15.2 Å². The summed E-state index contributed by atoms with van der Waals surface area (Å²) in [7, 11) is 0. The third-order valence-electron chi connectivity index (χ3n) is 3.17. The van der Waals surface area contributed by atoms with Crippen molar-refractivity contribution in [3.63, 3.8) is 0 Å². The van der Waals surface area contributed by atoms with Gasteiger partial charge in [-0.3, -0.25) is 9.69 Å². The Morgan fingerprint density at radius 2 is 2.15 bits per heavy atom. The lowest BCUT2D eigenvalue weighted by molar-refractivity contribution is -0.130. The second-order valence-corrected chi connectivity index (χ2v) is 5.42. The van der Waals surface area contributed by atoms with Crippen LogP contribution in [0.25, 0.3) is 0 Å². The monoisotopic (exact) mass is 276 g/mol. The van der Waals surface area contributed by atoms with E-state index in [0.717, 1.165) is 24.3 Å². The highest BCUT2D eigenvalue weighted by Gasteiger charge is 2.44. The van der Waals surface area contributed by atoms with Gasteiger partial charge in [-0.2, -0.15) is 0 Å². The molecule has 2 N–H and O–H groups in total. The van der Waals surface area contributed by atoms with Crippen LogP contribution in [-0.4, -0.2) is 33.9 Å². The molecule has 1 aromatic heterocycles. The fraction of sp³-hybridized carbons (Fsp3) is 0.500. The van der Waals surface area contributed by atoms with E-state index in [1.807, 2.05) is 12.1 Å². The average Bonchev–Trinajstić information content (AvgIpc) is 2.59. The number of hydrogen-bond acceptors (Lipinski definition) is 4. The summed E-state index contributed by atoms with van der Waals surface area (Å²) in [6.45, 7) is 6.58. The zero-order valence-corrected chi connectivity index (χ0v) is 12.1. The first-order chi connectivity index (χ1) is 9.44. The van der Waals surface area contributed by atoms with E-state index in [1.54, 1.807) is 20.0 Å². The van der Waals surface area contributed by atoms with Gasteiger partial charge in [0.1, 0.15) is 11.4 Å². The van der Waals surface area contributed by atoms with Crippen LogP contribution in [0.4, 0.5) is 10.6 Å². The third kappa shape index (κ3) is 2.89. The lowest BCUT2D eigenvalue weighted by Gasteiger charge is -2.16. The quantitative estimate of drug-likeness (QED) is 0.803. The van der Waals surface area contributed by atoms with Gasteiger partial charge >= 0.3 is 6.03 Å². The molecule has 6 nitrogen and oxygen atoms in total. The number of hydrogen-bond donors (Lipinski definition) is 2. The molecule has 1 aliphatic heterocycles. The molecule has 0 unspecified atom stereocenters. The van der Waals surface area contributed by atoms with E-state index >= 15 is 0 Å². The van der Waals surface area contributed by atoms with Crippen LogP contribution >= 0.6 is 0 Å². The van der Waals surface area contributed by atoms with E-state index in [4.69, 9.17) is 0 Å². The molecule has 0 atom stereocenters. The molecule has 0 bridgehead atoms. The number of nitrogens with one attached hydrogen (secondary N) is 2. The summed E-state index contributed by atoms with van der Waals surface area (Å²) in [6, 6.07) is 3.32. The molecule has 108 valence electrons. The smallest absolute Gasteiger partial charge is 0.325 e. The van der Waals surface area contributed by atoms with Gasteiger partial charge in [-0.25, -0.2) is 9.78 Å². The van der Waals surface area contributed by atoms with Gasteiger partial charge in [-0.05, 0) is 38.0 Å². The summed E-state index contributed by atoms with van der Waals surface area (Å²) >= 11 is 0. The van der Waals surface area contributed by atoms with Crippen molar-refractivity contribution in [3.8, 4) is 0 Å². The van der Waals surface area contributed by atoms with E-state index in [0.29, 0.717) is 0 Å². The van der Waals surface area contributed by atoms with Gasteiger partial charge in [0.05, 0.1) is 6.54 Å². The number of carbonyl (C=O) groups excluding carboxylic acids is 2. The van der Waals surface area contributed by atoms with Crippen LogP contribution in [-0.2, 0) is 11.3 Å². The zero-order chi connectivity index (χ0) is 14.8. The van der Waals surface area contributed by atoms with Crippen LogP contribution in [0.15, 0.2) is 18.3 Å². The van der Waals surface area contributed by atoms with E-state index < -0.39 is 5.54 Å². The molecule has 0 spiro atoms. The number of pyridine rings is 1. The molecule has 20 heavy (non-hydrogen) atoms. The van der Waals surface area contributed by atoms with E-state index in [9.17, 15) is 9.59 Å². The molecule has 1 aliphatic rings. The molecule has 2 rings (SSSR count). The first-order valence-electron chi connectivity index (χ1n) is 6.77. The summed E-state index contributed by atoms with van der Waals surface area (Å²) in [6.07, 6.45) is 2.68. The fourth-order valence-corrected chi connectivity index (χ4v) is 2.07. The average molecular weight is 276 g/mol. The lowest BCUT2D eigenvalue weighted by atomic mass is 10.1. The molecule has 6 heteroatoms. The predicted molar refractivity (Wildman–Crippen MR) is 76.2 cm³/mol. The molecule has 0 radical (unpaired) electrons. The van der Waals surface area contributed by atoms with Crippen molar-refractivity contribution in [2.75, 3.05) is 11.9 Å². The van der Waals surface area contributed by atoms with Crippen molar-refractivity contribution in [1.29, 1.82) is 0 Å². The molecular weight excluding hydrogens is 256 g/mol. The predicted octanol–water partition coefficient (Wildman–Crippen LogP) is 1.73. The maximum absolute atomic E-state index is 12.1. The Morgan fingerprint density at radius 3 is 2.75 bits per heavy atom. The Balaban J connectivity index is 2.10. The summed E-state index contributed by atoms with van der Waals surface area (Å²) in [5.41, 5.74) is 0.0488. The van der Waals surface area contributed by atoms with E-state index in [2.05, 4.69) is 22.5 Å². The van der Waals surface area contributed by atoms with Gasteiger partial charge < -0.3 is 10.6 Å². The molecule has 0 aromatic carbocycles. The van der Waals surface area contributed by atoms with Gasteiger partial charge in [0, 0.05) is 12.7 Å². The number of nitrogens with zero attached hydrogens (tertiary/aromatic N) is 2. The van der Waals surface area contributed by atoms with Crippen molar-refractivity contribution < 1.29 is 9.59 Å². The second-order valence-electron chi connectivity index (χ2n) is 5.42. The van der Waals surface area contributed by atoms with Gasteiger partial charge in [0.2, 0.25) is 0 Å². The minimum Gasteiger partial charge on any atom is -0.370 e. The van der Waals surface area contributed by atoms with Crippen molar-refractivity contribution >= 4 is 17.8 Å². The van der Waals surface area contributed by atoms with Gasteiger partial charge in [0.15, 0.2) is 0 Å². The number of urea groups is 1. The first kappa shape index (κ1) is 14.3. The molecule has 0 saturated carbocycles. The van der Waals surface area contributed by atoms with Crippen LogP contribution < -0.4 is 10.6 Å². The SMILES string of the molecule is CCCNc1cc(CN2C(=O)NC(C)(C)C2=O)ccn1. The normalized spacial score (nSPS) is 17.2. The maximum Gasteiger partial charge on any atom is 0.325 e.